The highest BCUT2D eigenvalue weighted by molar-refractivity contribution is 14.1. The molecule has 2 aromatic rings. The molecular formula is C14H14INO. The minimum atomic E-state index is 0.165. The van der Waals surface area contributed by atoms with E-state index in [0.717, 1.165) is 11.3 Å². The number of nitrogens with one attached hydrogen (secondary N) is 1. The van der Waals surface area contributed by atoms with Gasteiger partial charge < -0.3 is 10.4 Å². The van der Waals surface area contributed by atoms with Gasteiger partial charge in [-0.15, -0.1) is 0 Å². The van der Waals surface area contributed by atoms with Gasteiger partial charge in [-0.1, -0.05) is 24.3 Å². The zero-order chi connectivity index (χ0) is 12.3. The molecule has 1 unspecified atom stereocenters. The molecule has 0 spiro atoms. The van der Waals surface area contributed by atoms with Crippen molar-refractivity contribution in [2.45, 2.75) is 13.0 Å². The number of anilines is 1. The topological polar surface area (TPSA) is 32.3 Å². The van der Waals surface area contributed by atoms with Crippen molar-refractivity contribution in [1.82, 2.24) is 0 Å². The lowest BCUT2D eigenvalue weighted by atomic mass is 10.1. The summed E-state index contributed by atoms with van der Waals surface area (Å²) in [5.74, 6) is 0.305. The Bertz CT molecular complexity index is 513. The number of benzene rings is 2. The zero-order valence-corrected chi connectivity index (χ0v) is 11.7. The Morgan fingerprint density at radius 3 is 2.59 bits per heavy atom. The largest absolute Gasteiger partial charge is 0.508 e. The average molecular weight is 339 g/mol. The van der Waals surface area contributed by atoms with Crippen LogP contribution in [0.15, 0.2) is 48.5 Å². The Balaban J connectivity index is 2.17. The van der Waals surface area contributed by atoms with E-state index in [1.807, 2.05) is 24.3 Å². The van der Waals surface area contributed by atoms with Crippen molar-refractivity contribution in [3.05, 3.63) is 57.7 Å². The van der Waals surface area contributed by atoms with Crippen LogP contribution in [0.25, 0.3) is 0 Å². The number of hydrogen-bond acceptors (Lipinski definition) is 2. The minimum Gasteiger partial charge on any atom is -0.508 e. The first-order chi connectivity index (χ1) is 8.16. The van der Waals surface area contributed by atoms with Crippen LogP contribution in [-0.4, -0.2) is 5.11 Å². The van der Waals surface area contributed by atoms with E-state index in [2.05, 4.69) is 47.0 Å². The van der Waals surface area contributed by atoms with Gasteiger partial charge in [0.05, 0.1) is 0 Å². The second kappa shape index (κ2) is 5.40. The SMILES string of the molecule is CC(Nc1ccccc1I)c1cccc(O)c1. The summed E-state index contributed by atoms with van der Waals surface area (Å²) in [4.78, 5) is 0. The maximum atomic E-state index is 9.45. The number of phenolic OH excluding ortho intramolecular Hbond substituents is 1. The summed E-state index contributed by atoms with van der Waals surface area (Å²) >= 11 is 2.31. The monoisotopic (exact) mass is 339 g/mol. The van der Waals surface area contributed by atoms with Gasteiger partial charge in [-0.25, -0.2) is 0 Å². The van der Waals surface area contributed by atoms with Crippen molar-refractivity contribution in [2.24, 2.45) is 0 Å². The summed E-state index contributed by atoms with van der Waals surface area (Å²) in [6.45, 7) is 2.08. The van der Waals surface area contributed by atoms with Crippen LogP contribution in [0.4, 0.5) is 5.69 Å². The third-order valence-corrected chi connectivity index (χ3v) is 3.56. The van der Waals surface area contributed by atoms with E-state index < -0.39 is 0 Å². The molecule has 0 aliphatic carbocycles. The molecule has 0 aliphatic heterocycles. The molecule has 0 aromatic heterocycles. The quantitative estimate of drug-likeness (QED) is 0.823. The molecular weight excluding hydrogens is 325 g/mol. The van der Waals surface area contributed by atoms with E-state index in [1.54, 1.807) is 12.1 Å². The fraction of sp³-hybridized carbons (Fsp3) is 0.143. The first-order valence-corrected chi connectivity index (χ1v) is 6.54. The molecule has 0 saturated heterocycles. The van der Waals surface area contributed by atoms with Crippen LogP contribution in [0, 0.1) is 3.57 Å². The van der Waals surface area contributed by atoms with E-state index in [0.29, 0.717) is 5.75 Å². The molecule has 3 heteroatoms. The van der Waals surface area contributed by atoms with E-state index in [-0.39, 0.29) is 6.04 Å². The van der Waals surface area contributed by atoms with Gasteiger partial charge in [0.2, 0.25) is 0 Å². The molecule has 0 radical (unpaired) electrons. The van der Waals surface area contributed by atoms with Crippen molar-refractivity contribution >= 4 is 28.3 Å². The highest BCUT2D eigenvalue weighted by atomic mass is 127. The maximum Gasteiger partial charge on any atom is 0.115 e. The molecule has 0 bridgehead atoms. The van der Waals surface area contributed by atoms with Crippen LogP contribution in [0.1, 0.15) is 18.5 Å². The van der Waals surface area contributed by atoms with Crippen molar-refractivity contribution in [3.8, 4) is 5.75 Å². The van der Waals surface area contributed by atoms with Gasteiger partial charge in [-0.3, -0.25) is 0 Å². The Kier molecular flexibility index (Phi) is 3.89. The summed E-state index contributed by atoms with van der Waals surface area (Å²) in [5, 5.41) is 12.9. The molecule has 2 N–H and O–H groups in total. The number of hydrogen-bond donors (Lipinski definition) is 2. The molecule has 0 heterocycles. The Hall–Kier alpha value is -1.23. The standard InChI is InChI=1S/C14H14INO/c1-10(11-5-4-6-12(17)9-11)16-14-8-3-2-7-13(14)15/h2-10,16-17H,1H3. The van der Waals surface area contributed by atoms with Crippen LogP contribution in [0.2, 0.25) is 0 Å². The second-order valence-electron chi connectivity index (χ2n) is 3.94. The number of halogens is 1. The van der Waals surface area contributed by atoms with Crippen molar-refractivity contribution in [1.29, 1.82) is 0 Å². The predicted molar refractivity (Wildman–Crippen MR) is 79.3 cm³/mol. The third-order valence-electron chi connectivity index (χ3n) is 2.62. The molecule has 0 amide bonds. The molecule has 2 nitrogen and oxygen atoms in total. The van der Waals surface area contributed by atoms with E-state index in [9.17, 15) is 5.11 Å². The average Bonchev–Trinajstić information content (AvgIpc) is 2.32. The molecule has 88 valence electrons. The van der Waals surface area contributed by atoms with Crippen molar-refractivity contribution < 1.29 is 5.11 Å². The summed E-state index contributed by atoms with van der Waals surface area (Å²) in [6, 6.07) is 15.7. The van der Waals surface area contributed by atoms with Gasteiger partial charge in [0.1, 0.15) is 5.75 Å². The smallest absolute Gasteiger partial charge is 0.115 e. The lowest BCUT2D eigenvalue weighted by Gasteiger charge is -2.17. The number of aromatic hydroxyl groups is 1. The molecule has 17 heavy (non-hydrogen) atoms. The maximum absolute atomic E-state index is 9.45. The summed E-state index contributed by atoms with van der Waals surface area (Å²) in [6.07, 6.45) is 0. The fourth-order valence-corrected chi connectivity index (χ4v) is 2.23. The lowest BCUT2D eigenvalue weighted by molar-refractivity contribution is 0.474. The van der Waals surface area contributed by atoms with Gasteiger partial charge in [0.15, 0.2) is 0 Å². The zero-order valence-electron chi connectivity index (χ0n) is 9.52. The highest BCUT2D eigenvalue weighted by Gasteiger charge is 2.07. The molecule has 0 aliphatic rings. The molecule has 2 aromatic carbocycles. The normalized spacial score (nSPS) is 12.1. The van der Waals surface area contributed by atoms with Gasteiger partial charge in [0.25, 0.3) is 0 Å². The Labute approximate surface area is 115 Å². The Morgan fingerprint density at radius 1 is 1.12 bits per heavy atom. The van der Waals surface area contributed by atoms with Crippen molar-refractivity contribution in [3.63, 3.8) is 0 Å². The Morgan fingerprint density at radius 2 is 1.88 bits per heavy atom. The van der Waals surface area contributed by atoms with E-state index in [4.69, 9.17) is 0 Å². The lowest BCUT2D eigenvalue weighted by Crippen LogP contribution is -2.07. The van der Waals surface area contributed by atoms with Crippen LogP contribution in [0.3, 0.4) is 0 Å². The van der Waals surface area contributed by atoms with Crippen LogP contribution >= 0.6 is 22.6 Å². The van der Waals surface area contributed by atoms with Crippen molar-refractivity contribution in [2.75, 3.05) is 5.32 Å². The van der Waals surface area contributed by atoms with Crippen LogP contribution in [0.5, 0.6) is 5.75 Å². The summed E-state index contributed by atoms with van der Waals surface area (Å²) in [5.41, 5.74) is 2.19. The summed E-state index contributed by atoms with van der Waals surface area (Å²) < 4.78 is 1.19. The van der Waals surface area contributed by atoms with Crippen LogP contribution < -0.4 is 5.32 Å². The van der Waals surface area contributed by atoms with Crippen LogP contribution in [-0.2, 0) is 0 Å². The number of phenols is 1. The predicted octanol–water partition coefficient (Wildman–Crippen LogP) is 4.17. The minimum absolute atomic E-state index is 0.165. The molecule has 1 atom stereocenters. The highest BCUT2D eigenvalue weighted by Crippen LogP contribution is 2.24. The third kappa shape index (κ3) is 3.12. The first kappa shape index (κ1) is 12.2. The molecule has 2 rings (SSSR count). The summed E-state index contributed by atoms with van der Waals surface area (Å²) in [7, 11) is 0. The van der Waals surface area contributed by atoms with Gasteiger partial charge in [-0.05, 0) is 59.3 Å². The first-order valence-electron chi connectivity index (χ1n) is 5.47. The second-order valence-corrected chi connectivity index (χ2v) is 5.10. The fourth-order valence-electron chi connectivity index (χ4n) is 1.69. The number of rotatable bonds is 3. The van der Waals surface area contributed by atoms with Gasteiger partial charge >= 0.3 is 0 Å². The van der Waals surface area contributed by atoms with Gasteiger partial charge in [0, 0.05) is 15.3 Å². The molecule has 0 fully saturated rings. The van der Waals surface area contributed by atoms with Gasteiger partial charge in [-0.2, -0.15) is 0 Å². The van der Waals surface area contributed by atoms with E-state index >= 15 is 0 Å². The molecule has 0 saturated carbocycles. The number of para-hydroxylation sites is 1. The van der Waals surface area contributed by atoms with E-state index in [1.165, 1.54) is 3.57 Å².